The molecule has 0 bridgehead atoms. The third-order valence-electron chi connectivity index (χ3n) is 5.30. The van der Waals surface area contributed by atoms with Gasteiger partial charge in [-0.25, -0.2) is 4.39 Å². The first-order valence-electron chi connectivity index (χ1n) is 9.09. The Morgan fingerprint density at radius 2 is 1.68 bits per heavy atom. The number of hydrogen-bond acceptors (Lipinski definition) is 2. The van der Waals surface area contributed by atoms with Crippen molar-refractivity contribution >= 4 is 29.1 Å². The molecule has 1 N–H and O–H groups in total. The summed E-state index contributed by atoms with van der Waals surface area (Å²) in [4.78, 5) is 27.0. The van der Waals surface area contributed by atoms with E-state index < -0.39 is 5.82 Å². The van der Waals surface area contributed by atoms with E-state index in [0.29, 0.717) is 18.5 Å². The monoisotopic (exact) mass is 366 g/mol. The molecule has 1 saturated heterocycles. The lowest BCUT2D eigenvalue weighted by molar-refractivity contribution is -0.138. The van der Waals surface area contributed by atoms with E-state index in [0.717, 1.165) is 38.8 Å². The summed E-state index contributed by atoms with van der Waals surface area (Å²) >= 11 is 5.74. The molecular weight excluding hydrogens is 343 g/mol. The summed E-state index contributed by atoms with van der Waals surface area (Å²) < 4.78 is 13.2. The number of benzene rings is 1. The van der Waals surface area contributed by atoms with Crippen LogP contribution in [0.4, 0.5) is 10.1 Å². The Morgan fingerprint density at radius 3 is 2.32 bits per heavy atom. The number of carbonyl (C=O) groups is 2. The van der Waals surface area contributed by atoms with Crippen molar-refractivity contribution in [3.05, 3.63) is 29.0 Å². The number of nitrogens with zero attached hydrogens (tertiary/aromatic N) is 1. The highest BCUT2D eigenvalue weighted by molar-refractivity contribution is 6.31. The van der Waals surface area contributed by atoms with Crippen molar-refractivity contribution in [2.75, 3.05) is 18.4 Å². The zero-order valence-electron chi connectivity index (χ0n) is 14.3. The van der Waals surface area contributed by atoms with E-state index in [9.17, 15) is 14.0 Å². The standard InChI is InChI=1S/C19H24ClFN2O2/c20-16-12-15(8-9-17(16)21)22-18(24)13-4-6-14(7-5-13)19(25)23-10-2-1-3-11-23/h8-9,12-14H,1-7,10-11H2,(H,22,24). The lowest BCUT2D eigenvalue weighted by atomic mass is 9.80. The number of piperidine rings is 1. The molecule has 1 saturated carbocycles. The summed E-state index contributed by atoms with van der Waals surface area (Å²) in [5.74, 6) is -0.358. The van der Waals surface area contributed by atoms with Crippen molar-refractivity contribution in [3.8, 4) is 0 Å². The Labute approximate surface area is 152 Å². The van der Waals surface area contributed by atoms with Gasteiger partial charge in [-0.2, -0.15) is 0 Å². The number of anilines is 1. The lowest BCUT2D eigenvalue weighted by Gasteiger charge is -2.33. The largest absolute Gasteiger partial charge is 0.342 e. The maximum absolute atomic E-state index is 13.2. The summed E-state index contributed by atoms with van der Waals surface area (Å²) in [5.41, 5.74) is 0.503. The van der Waals surface area contributed by atoms with Crippen LogP contribution in [0.15, 0.2) is 18.2 Å². The van der Waals surface area contributed by atoms with Crippen molar-refractivity contribution in [3.63, 3.8) is 0 Å². The van der Waals surface area contributed by atoms with E-state index in [1.54, 1.807) is 0 Å². The van der Waals surface area contributed by atoms with Gasteiger partial charge < -0.3 is 10.2 Å². The molecule has 1 aromatic rings. The first-order valence-corrected chi connectivity index (χ1v) is 9.47. The van der Waals surface area contributed by atoms with Crippen LogP contribution < -0.4 is 5.32 Å². The maximum Gasteiger partial charge on any atom is 0.227 e. The number of likely N-dealkylation sites (tertiary alicyclic amines) is 1. The van der Waals surface area contributed by atoms with Gasteiger partial charge in [-0.05, 0) is 63.1 Å². The second-order valence-electron chi connectivity index (χ2n) is 7.05. The Bertz CT molecular complexity index is 638. The van der Waals surface area contributed by atoms with Gasteiger partial charge in [0.05, 0.1) is 5.02 Å². The second-order valence-corrected chi connectivity index (χ2v) is 7.46. The van der Waals surface area contributed by atoms with Crippen LogP contribution in [0, 0.1) is 17.7 Å². The van der Waals surface area contributed by atoms with E-state index >= 15 is 0 Å². The predicted octanol–water partition coefficient (Wildman–Crippen LogP) is 4.24. The molecule has 25 heavy (non-hydrogen) atoms. The number of carbonyl (C=O) groups excluding carboxylic acids is 2. The van der Waals surface area contributed by atoms with Crippen molar-refractivity contribution in [1.29, 1.82) is 0 Å². The number of nitrogens with one attached hydrogen (secondary N) is 1. The Balaban J connectivity index is 1.50. The number of halogens is 2. The zero-order valence-corrected chi connectivity index (χ0v) is 15.0. The van der Waals surface area contributed by atoms with E-state index in [1.807, 2.05) is 4.90 Å². The summed E-state index contributed by atoms with van der Waals surface area (Å²) in [6.45, 7) is 1.76. The molecule has 0 radical (unpaired) electrons. The molecule has 0 spiro atoms. The summed E-state index contributed by atoms with van der Waals surface area (Å²) in [7, 11) is 0. The number of rotatable bonds is 3. The van der Waals surface area contributed by atoms with Gasteiger partial charge in [0.15, 0.2) is 0 Å². The van der Waals surface area contributed by atoms with Crippen molar-refractivity contribution in [1.82, 2.24) is 4.90 Å². The highest BCUT2D eigenvalue weighted by Crippen LogP contribution is 2.32. The quantitative estimate of drug-likeness (QED) is 0.869. The van der Waals surface area contributed by atoms with Gasteiger partial charge in [0.2, 0.25) is 11.8 Å². The van der Waals surface area contributed by atoms with Crippen LogP contribution in [0.25, 0.3) is 0 Å². The van der Waals surface area contributed by atoms with Crippen LogP contribution in [-0.4, -0.2) is 29.8 Å². The van der Waals surface area contributed by atoms with Crippen molar-refractivity contribution in [2.24, 2.45) is 11.8 Å². The van der Waals surface area contributed by atoms with Crippen molar-refractivity contribution < 1.29 is 14.0 Å². The van der Waals surface area contributed by atoms with Crippen LogP contribution in [-0.2, 0) is 9.59 Å². The highest BCUT2D eigenvalue weighted by Gasteiger charge is 2.32. The fourth-order valence-electron chi connectivity index (χ4n) is 3.79. The average Bonchev–Trinajstić information content (AvgIpc) is 2.65. The van der Waals surface area contributed by atoms with E-state index in [1.165, 1.54) is 24.6 Å². The molecule has 136 valence electrons. The maximum atomic E-state index is 13.2. The Morgan fingerprint density at radius 1 is 1.04 bits per heavy atom. The molecule has 0 atom stereocenters. The molecule has 2 fully saturated rings. The molecule has 0 unspecified atom stereocenters. The third-order valence-corrected chi connectivity index (χ3v) is 5.59. The van der Waals surface area contributed by atoms with Gasteiger partial charge in [-0.3, -0.25) is 9.59 Å². The SMILES string of the molecule is O=C(Nc1ccc(F)c(Cl)c1)C1CCC(C(=O)N2CCCCC2)CC1. The Hall–Kier alpha value is -1.62. The summed E-state index contributed by atoms with van der Waals surface area (Å²) in [6.07, 6.45) is 6.36. The molecule has 0 aromatic heterocycles. The first-order chi connectivity index (χ1) is 12.0. The average molecular weight is 367 g/mol. The van der Waals surface area contributed by atoms with Crippen molar-refractivity contribution in [2.45, 2.75) is 44.9 Å². The molecule has 1 heterocycles. The number of amides is 2. The van der Waals surface area contributed by atoms with Gasteiger partial charge in [0, 0.05) is 30.6 Å². The fourth-order valence-corrected chi connectivity index (χ4v) is 3.97. The van der Waals surface area contributed by atoms with Crippen LogP contribution in [0.2, 0.25) is 5.02 Å². The zero-order chi connectivity index (χ0) is 17.8. The molecule has 1 aliphatic heterocycles. The molecule has 3 rings (SSSR count). The van der Waals surface area contributed by atoms with Crippen LogP contribution in [0.3, 0.4) is 0 Å². The third kappa shape index (κ3) is 4.51. The van der Waals surface area contributed by atoms with Crippen LogP contribution in [0.1, 0.15) is 44.9 Å². The molecule has 6 heteroatoms. The van der Waals surface area contributed by atoms with E-state index in [-0.39, 0.29) is 28.7 Å². The minimum Gasteiger partial charge on any atom is -0.342 e. The minimum absolute atomic E-state index is 0.00589. The second kappa shape index (κ2) is 8.17. The molecule has 1 aromatic carbocycles. The number of hydrogen-bond donors (Lipinski definition) is 1. The van der Waals surface area contributed by atoms with Gasteiger partial charge in [0.25, 0.3) is 0 Å². The normalized spacial score (nSPS) is 24.0. The predicted molar refractivity (Wildman–Crippen MR) is 95.9 cm³/mol. The fraction of sp³-hybridized carbons (Fsp3) is 0.579. The smallest absolute Gasteiger partial charge is 0.227 e. The van der Waals surface area contributed by atoms with E-state index in [2.05, 4.69) is 5.32 Å². The minimum atomic E-state index is -0.503. The van der Waals surface area contributed by atoms with Gasteiger partial charge in [-0.1, -0.05) is 11.6 Å². The van der Waals surface area contributed by atoms with Gasteiger partial charge >= 0.3 is 0 Å². The lowest BCUT2D eigenvalue weighted by Crippen LogP contribution is -2.41. The summed E-state index contributed by atoms with van der Waals surface area (Å²) in [5, 5.41) is 2.80. The van der Waals surface area contributed by atoms with Gasteiger partial charge in [-0.15, -0.1) is 0 Å². The van der Waals surface area contributed by atoms with Crippen LogP contribution >= 0.6 is 11.6 Å². The molecule has 1 aliphatic carbocycles. The molecular formula is C19H24ClFN2O2. The topological polar surface area (TPSA) is 49.4 Å². The summed E-state index contributed by atoms with van der Waals surface area (Å²) in [6, 6.07) is 4.16. The van der Waals surface area contributed by atoms with E-state index in [4.69, 9.17) is 11.6 Å². The Kier molecular flexibility index (Phi) is 5.94. The van der Waals surface area contributed by atoms with Gasteiger partial charge in [0.1, 0.15) is 5.82 Å². The highest BCUT2D eigenvalue weighted by atomic mass is 35.5. The van der Waals surface area contributed by atoms with Crippen LogP contribution in [0.5, 0.6) is 0 Å². The molecule has 4 nitrogen and oxygen atoms in total. The first kappa shape index (κ1) is 18.2. The molecule has 2 amide bonds. The molecule has 2 aliphatic rings.